The zero-order chi connectivity index (χ0) is 10.7. The summed E-state index contributed by atoms with van der Waals surface area (Å²) in [6.07, 6.45) is 0. The van der Waals surface area contributed by atoms with Crippen LogP contribution < -0.4 is 5.32 Å². The van der Waals surface area contributed by atoms with Crippen LogP contribution in [0.3, 0.4) is 0 Å². The zero-order valence-electron chi connectivity index (χ0n) is 7.87. The third kappa shape index (κ3) is 1.64. The first-order valence-corrected chi connectivity index (χ1v) is 3.97. The molecule has 0 saturated heterocycles. The Morgan fingerprint density at radius 2 is 2.21 bits per heavy atom. The standard InChI is InChI=1S/C9H9N3O2/c1-6-3-7(5-10)4-8(11-2)9(6)12(13)14/h3-4,11H,1-2H3. The maximum Gasteiger partial charge on any atom is 0.295 e. The van der Waals surface area contributed by atoms with Crippen LogP contribution in [-0.4, -0.2) is 12.0 Å². The topological polar surface area (TPSA) is 79.0 Å². The highest BCUT2D eigenvalue weighted by atomic mass is 16.6. The molecule has 1 rings (SSSR count). The highest BCUT2D eigenvalue weighted by Gasteiger charge is 2.17. The van der Waals surface area contributed by atoms with Gasteiger partial charge >= 0.3 is 0 Å². The molecule has 0 bridgehead atoms. The van der Waals surface area contributed by atoms with Crippen molar-refractivity contribution >= 4 is 11.4 Å². The summed E-state index contributed by atoms with van der Waals surface area (Å²) in [5, 5.41) is 22.0. The zero-order valence-corrected chi connectivity index (χ0v) is 7.87. The average molecular weight is 191 g/mol. The molecular weight excluding hydrogens is 182 g/mol. The summed E-state index contributed by atoms with van der Waals surface area (Å²) in [5.41, 5.74) is 1.29. The third-order valence-electron chi connectivity index (χ3n) is 1.88. The van der Waals surface area contributed by atoms with Crippen molar-refractivity contribution in [3.63, 3.8) is 0 Å². The first kappa shape index (κ1) is 9.99. The van der Waals surface area contributed by atoms with Gasteiger partial charge in [0.2, 0.25) is 0 Å². The van der Waals surface area contributed by atoms with Crippen molar-refractivity contribution in [2.24, 2.45) is 0 Å². The minimum absolute atomic E-state index is 0.0199. The smallest absolute Gasteiger partial charge is 0.295 e. The Morgan fingerprint density at radius 1 is 1.57 bits per heavy atom. The molecule has 0 aliphatic heterocycles. The van der Waals surface area contributed by atoms with Gasteiger partial charge in [0.05, 0.1) is 16.6 Å². The van der Waals surface area contributed by atoms with E-state index in [1.165, 1.54) is 12.1 Å². The van der Waals surface area contributed by atoms with E-state index in [1.54, 1.807) is 14.0 Å². The average Bonchev–Trinajstić information content (AvgIpc) is 2.15. The van der Waals surface area contributed by atoms with Crippen LogP contribution in [0.1, 0.15) is 11.1 Å². The molecule has 0 atom stereocenters. The van der Waals surface area contributed by atoms with Gasteiger partial charge in [-0.25, -0.2) is 0 Å². The molecule has 0 fully saturated rings. The molecule has 1 aromatic rings. The fourth-order valence-corrected chi connectivity index (χ4v) is 1.28. The number of anilines is 1. The normalized spacial score (nSPS) is 9.21. The lowest BCUT2D eigenvalue weighted by Crippen LogP contribution is -1.99. The summed E-state index contributed by atoms with van der Waals surface area (Å²) in [5.74, 6) is 0. The fourth-order valence-electron chi connectivity index (χ4n) is 1.28. The lowest BCUT2D eigenvalue weighted by molar-refractivity contribution is -0.384. The molecule has 0 amide bonds. The lowest BCUT2D eigenvalue weighted by Gasteiger charge is -2.04. The highest BCUT2D eigenvalue weighted by Crippen LogP contribution is 2.29. The molecule has 0 spiro atoms. The highest BCUT2D eigenvalue weighted by molar-refractivity contribution is 5.67. The monoisotopic (exact) mass is 191 g/mol. The maximum absolute atomic E-state index is 10.7. The Kier molecular flexibility index (Phi) is 2.67. The summed E-state index contributed by atoms with van der Waals surface area (Å²) < 4.78 is 0. The van der Waals surface area contributed by atoms with E-state index in [9.17, 15) is 10.1 Å². The van der Waals surface area contributed by atoms with Gasteiger partial charge in [0.15, 0.2) is 0 Å². The summed E-state index contributed by atoms with van der Waals surface area (Å²) in [6, 6.07) is 4.91. The summed E-state index contributed by atoms with van der Waals surface area (Å²) in [4.78, 5) is 10.2. The number of hydrogen-bond acceptors (Lipinski definition) is 4. The van der Waals surface area contributed by atoms with Crippen LogP contribution >= 0.6 is 0 Å². The number of nitriles is 1. The van der Waals surface area contributed by atoms with Crippen LogP contribution in [0.15, 0.2) is 12.1 Å². The molecule has 0 saturated carbocycles. The summed E-state index contributed by atoms with van der Waals surface area (Å²) >= 11 is 0. The van der Waals surface area contributed by atoms with Gasteiger partial charge in [-0.3, -0.25) is 10.1 Å². The number of hydrogen-bond donors (Lipinski definition) is 1. The van der Waals surface area contributed by atoms with Crippen molar-refractivity contribution in [1.82, 2.24) is 0 Å². The molecule has 0 aliphatic carbocycles. The Hall–Kier alpha value is -2.09. The number of nitrogens with zero attached hydrogens (tertiary/aromatic N) is 2. The van der Waals surface area contributed by atoms with E-state index in [0.717, 1.165) is 0 Å². The number of nitro groups is 1. The Balaban J connectivity index is 3.44. The molecule has 0 radical (unpaired) electrons. The van der Waals surface area contributed by atoms with Gasteiger partial charge in [-0.05, 0) is 19.1 Å². The Labute approximate surface area is 81.1 Å². The predicted molar refractivity (Wildman–Crippen MR) is 52.1 cm³/mol. The third-order valence-corrected chi connectivity index (χ3v) is 1.88. The number of nitro benzene ring substituents is 1. The molecule has 0 aliphatic rings. The van der Waals surface area contributed by atoms with Gasteiger partial charge in [0, 0.05) is 12.6 Å². The first-order valence-electron chi connectivity index (χ1n) is 3.97. The summed E-state index contributed by atoms with van der Waals surface area (Å²) in [7, 11) is 1.59. The SMILES string of the molecule is CNc1cc(C#N)cc(C)c1[N+](=O)[O-]. The number of rotatable bonds is 2. The van der Waals surface area contributed by atoms with E-state index in [1.807, 2.05) is 6.07 Å². The van der Waals surface area contributed by atoms with E-state index in [-0.39, 0.29) is 5.69 Å². The van der Waals surface area contributed by atoms with Crippen LogP contribution in [0.4, 0.5) is 11.4 Å². The largest absolute Gasteiger partial charge is 0.383 e. The van der Waals surface area contributed by atoms with Gasteiger partial charge in [0.25, 0.3) is 5.69 Å². The van der Waals surface area contributed by atoms with E-state index < -0.39 is 4.92 Å². The Morgan fingerprint density at radius 3 is 2.64 bits per heavy atom. The lowest BCUT2D eigenvalue weighted by atomic mass is 10.1. The van der Waals surface area contributed by atoms with Crippen LogP contribution in [0, 0.1) is 28.4 Å². The quantitative estimate of drug-likeness (QED) is 0.571. The van der Waals surface area contributed by atoms with Gasteiger partial charge in [-0.2, -0.15) is 5.26 Å². The number of benzene rings is 1. The molecule has 0 aromatic heterocycles. The second kappa shape index (κ2) is 3.75. The van der Waals surface area contributed by atoms with Gasteiger partial charge in [0.1, 0.15) is 5.69 Å². The van der Waals surface area contributed by atoms with Crippen molar-refractivity contribution in [3.8, 4) is 6.07 Å². The minimum atomic E-state index is -0.456. The van der Waals surface area contributed by atoms with Crippen molar-refractivity contribution in [3.05, 3.63) is 33.4 Å². The molecule has 0 unspecified atom stereocenters. The predicted octanol–water partition coefficient (Wildman–Crippen LogP) is 1.82. The van der Waals surface area contributed by atoms with E-state index in [0.29, 0.717) is 16.8 Å². The molecule has 1 N–H and O–H groups in total. The second-order valence-corrected chi connectivity index (χ2v) is 2.81. The maximum atomic E-state index is 10.7. The number of aryl methyl sites for hydroxylation is 1. The number of nitrogens with one attached hydrogen (secondary N) is 1. The van der Waals surface area contributed by atoms with Crippen molar-refractivity contribution < 1.29 is 4.92 Å². The molecular formula is C9H9N3O2. The van der Waals surface area contributed by atoms with Crippen LogP contribution in [0.25, 0.3) is 0 Å². The van der Waals surface area contributed by atoms with Crippen LogP contribution in [0.5, 0.6) is 0 Å². The minimum Gasteiger partial charge on any atom is -0.383 e. The Bertz CT molecular complexity index is 421. The molecule has 0 heterocycles. The molecule has 1 aromatic carbocycles. The fraction of sp³-hybridized carbons (Fsp3) is 0.222. The molecule has 72 valence electrons. The van der Waals surface area contributed by atoms with Gasteiger partial charge in [-0.15, -0.1) is 0 Å². The van der Waals surface area contributed by atoms with Gasteiger partial charge < -0.3 is 5.32 Å². The summed E-state index contributed by atoms with van der Waals surface area (Å²) in [6.45, 7) is 1.61. The molecule has 5 heteroatoms. The van der Waals surface area contributed by atoms with E-state index in [4.69, 9.17) is 5.26 Å². The second-order valence-electron chi connectivity index (χ2n) is 2.81. The first-order chi connectivity index (χ1) is 6.60. The van der Waals surface area contributed by atoms with Crippen molar-refractivity contribution in [2.75, 3.05) is 12.4 Å². The van der Waals surface area contributed by atoms with Gasteiger partial charge in [-0.1, -0.05) is 0 Å². The molecule has 14 heavy (non-hydrogen) atoms. The van der Waals surface area contributed by atoms with Crippen molar-refractivity contribution in [1.29, 1.82) is 5.26 Å². The van der Waals surface area contributed by atoms with Crippen molar-refractivity contribution in [2.45, 2.75) is 6.92 Å². The molecule has 5 nitrogen and oxygen atoms in total. The van der Waals surface area contributed by atoms with Crippen LogP contribution in [-0.2, 0) is 0 Å². The van der Waals surface area contributed by atoms with E-state index >= 15 is 0 Å². The van der Waals surface area contributed by atoms with Crippen LogP contribution in [0.2, 0.25) is 0 Å². The van der Waals surface area contributed by atoms with E-state index in [2.05, 4.69) is 5.32 Å².